The highest BCUT2D eigenvalue weighted by Crippen LogP contribution is 2.37. The molecule has 0 N–H and O–H groups in total. The van der Waals surface area contributed by atoms with Crippen molar-refractivity contribution < 1.29 is 9.47 Å². The first-order valence-electron chi connectivity index (χ1n) is 7.10. The predicted molar refractivity (Wildman–Crippen MR) is 93.7 cm³/mol. The maximum Gasteiger partial charge on any atom is 0.175 e. The van der Waals surface area contributed by atoms with Gasteiger partial charge >= 0.3 is 0 Å². The molecular formula is C19H14BrNO2. The highest BCUT2D eigenvalue weighted by molar-refractivity contribution is 9.10. The molecule has 0 saturated heterocycles. The molecule has 0 aromatic heterocycles. The second kappa shape index (κ2) is 6.72. The molecule has 0 atom stereocenters. The van der Waals surface area contributed by atoms with Gasteiger partial charge in [0.25, 0.3) is 0 Å². The Labute approximate surface area is 143 Å². The number of nitriles is 1. The van der Waals surface area contributed by atoms with Gasteiger partial charge in [0.05, 0.1) is 23.2 Å². The lowest BCUT2D eigenvalue weighted by molar-refractivity contribution is 0.283. The number of ether oxygens (including phenoxy) is 2. The third-order valence-electron chi connectivity index (χ3n) is 3.61. The zero-order valence-corrected chi connectivity index (χ0v) is 14.1. The van der Waals surface area contributed by atoms with Crippen molar-refractivity contribution in [3.8, 4) is 17.6 Å². The number of hydrogen-bond acceptors (Lipinski definition) is 3. The summed E-state index contributed by atoms with van der Waals surface area (Å²) in [7, 11) is 1.56. The van der Waals surface area contributed by atoms with E-state index in [1.165, 1.54) is 10.8 Å². The Bertz CT molecular complexity index is 894. The average Bonchev–Trinajstić information content (AvgIpc) is 2.60. The van der Waals surface area contributed by atoms with Gasteiger partial charge in [0.1, 0.15) is 6.61 Å². The number of nitrogens with zero attached hydrogens (tertiary/aromatic N) is 1. The van der Waals surface area contributed by atoms with Crippen molar-refractivity contribution in [2.45, 2.75) is 6.61 Å². The highest BCUT2D eigenvalue weighted by atomic mass is 79.9. The minimum atomic E-state index is 0.419. The maximum atomic E-state index is 9.03. The van der Waals surface area contributed by atoms with E-state index in [9.17, 15) is 0 Å². The van der Waals surface area contributed by atoms with Gasteiger partial charge in [-0.15, -0.1) is 0 Å². The molecule has 0 radical (unpaired) electrons. The standard InChI is InChI=1S/C19H14BrNO2/c1-22-18-10-13(11-21)9-17(20)19(18)23-12-15-7-4-6-14-5-2-3-8-16(14)15/h2-10H,12H2,1H3. The van der Waals surface area contributed by atoms with E-state index in [-0.39, 0.29) is 0 Å². The van der Waals surface area contributed by atoms with E-state index in [4.69, 9.17) is 14.7 Å². The molecule has 0 spiro atoms. The Morgan fingerprint density at radius 1 is 1.09 bits per heavy atom. The molecule has 0 unspecified atom stereocenters. The molecule has 3 rings (SSSR count). The van der Waals surface area contributed by atoms with E-state index in [0.29, 0.717) is 28.1 Å². The number of hydrogen-bond donors (Lipinski definition) is 0. The number of benzene rings is 3. The van der Waals surface area contributed by atoms with Crippen LogP contribution in [0.1, 0.15) is 11.1 Å². The number of halogens is 1. The van der Waals surface area contributed by atoms with Gasteiger partial charge in [-0.2, -0.15) is 5.26 Å². The fourth-order valence-electron chi connectivity index (χ4n) is 2.49. The van der Waals surface area contributed by atoms with Crippen LogP contribution >= 0.6 is 15.9 Å². The molecule has 0 amide bonds. The zero-order chi connectivity index (χ0) is 16.2. The van der Waals surface area contributed by atoms with Crippen LogP contribution in [-0.4, -0.2) is 7.11 Å². The summed E-state index contributed by atoms with van der Waals surface area (Å²) < 4.78 is 12.0. The van der Waals surface area contributed by atoms with Crippen molar-refractivity contribution in [3.05, 3.63) is 70.2 Å². The molecule has 0 aliphatic heterocycles. The Morgan fingerprint density at radius 2 is 1.87 bits per heavy atom. The predicted octanol–water partition coefficient (Wildman–Crippen LogP) is 5.06. The minimum absolute atomic E-state index is 0.419. The van der Waals surface area contributed by atoms with Crippen LogP contribution in [0, 0.1) is 11.3 Å². The number of fused-ring (bicyclic) bond motifs is 1. The Hall–Kier alpha value is -2.51. The normalized spacial score (nSPS) is 10.3. The van der Waals surface area contributed by atoms with Crippen molar-refractivity contribution in [1.29, 1.82) is 5.26 Å². The first kappa shape index (κ1) is 15.4. The molecule has 0 heterocycles. The summed E-state index contributed by atoms with van der Waals surface area (Å²) in [5.74, 6) is 1.13. The summed E-state index contributed by atoms with van der Waals surface area (Å²) in [6.07, 6.45) is 0. The first-order chi connectivity index (χ1) is 11.2. The third-order valence-corrected chi connectivity index (χ3v) is 4.20. The molecule has 3 aromatic rings. The van der Waals surface area contributed by atoms with Crippen LogP contribution < -0.4 is 9.47 Å². The van der Waals surface area contributed by atoms with Crippen LogP contribution in [0.2, 0.25) is 0 Å². The van der Waals surface area contributed by atoms with Gasteiger partial charge in [0.15, 0.2) is 11.5 Å². The SMILES string of the molecule is COc1cc(C#N)cc(Br)c1OCc1cccc2ccccc12. The molecule has 114 valence electrons. The molecule has 0 aliphatic rings. The molecule has 0 aliphatic carbocycles. The Kier molecular flexibility index (Phi) is 4.50. The van der Waals surface area contributed by atoms with E-state index in [2.05, 4.69) is 40.2 Å². The minimum Gasteiger partial charge on any atom is -0.493 e. The molecule has 3 aromatic carbocycles. The topological polar surface area (TPSA) is 42.2 Å². The summed E-state index contributed by atoms with van der Waals surface area (Å²) in [6, 6.07) is 19.8. The lowest BCUT2D eigenvalue weighted by Crippen LogP contribution is -2.00. The monoisotopic (exact) mass is 367 g/mol. The van der Waals surface area contributed by atoms with E-state index < -0.39 is 0 Å². The molecular weight excluding hydrogens is 354 g/mol. The molecule has 23 heavy (non-hydrogen) atoms. The maximum absolute atomic E-state index is 9.03. The summed E-state index contributed by atoms with van der Waals surface area (Å²) in [5.41, 5.74) is 1.62. The third kappa shape index (κ3) is 3.15. The van der Waals surface area contributed by atoms with Crippen molar-refractivity contribution in [3.63, 3.8) is 0 Å². The second-order valence-electron chi connectivity index (χ2n) is 5.03. The summed E-state index contributed by atoms with van der Waals surface area (Å²) >= 11 is 3.45. The Morgan fingerprint density at radius 3 is 2.65 bits per heavy atom. The lowest BCUT2D eigenvalue weighted by atomic mass is 10.1. The van der Waals surface area contributed by atoms with Crippen LogP contribution in [0.5, 0.6) is 11.5 Å². The van der Waals surface area contributed by atoms with Gasteiger partial charge in [-0.05, 0) is 38.3 Å². The first-order valence-corrected chi connectivity index (χ1v) is 7.89. The van der Waals surface area contributed by atoms with E-state index in [1.807, 2.05) is 24.3 Å². The molecule has 4 heteroatoms. The van der Waals surface area contributed by atoms with Gasteiger partial charge in [-0.1, -0.05) is 42.5 Å². The average molecular weight is 368 g/mol. The van der Waals surface area contributed by atoms with Crippen LogP contribution in [0.25, 0.3) is 10.8 Å². The van der Waals surface area contributed by atoms with Gasteiger partial charge in [-0.3, -0.25) is 0 Å². The lowest BCUT2D eigenvalue weighted by Gasteiger charge is -2.14. The van der Waals surface area contributed by atoms with E-state index in [1.54, 1.807) is 19.2 Å². The van der Waals surface area contributed by atoms with Gasteiger partial charge in [-0.25, -0.2) is 0 Å². The van der Waals surface area contributed by atoms with Crippen molar-refractivity contribution in [1.82, 2.24) is 0 Å². The molecule has 3 nitrogen and oxygen atoms in total. The van der Waals surface area contributed by atoms with Crippen LogP contribution in [-0.2, 0) is 6.61 Å². The fourth-order valence-corrected chi connectivity index (χ4v) is 3.05. The van der Waals surface area contributed by atoms with Crippen LogP contribution in [0.4, 0.5) is 0 Å². The molecule has 0 bridgehead atoms. The van der Waals surface area contributed by atoms with Crippen molar-refractivity contribution in [2.75, 3.05) is 7.11 Å². The van der Waals surface area contributed by atoms with Crippen molar-refractivity contribution in [2.24, 2.45) is 0 Å². The highest BCUT2D eigenvalue weighted by Gasteiger charge is 2.12. The smallest absolute Gasteiger partial charge is 0.175 e. The molecule has 0 saturated carbocycles. The van der Waals surface area contributed by atoms with Crippen molar-refractivity contribution >= 4 is 26.7 Å². The van der Waals surface area contributed by atoms with Gasteiger partial charge in [0, 0.05) is 6.07 Å². The number of rotatable bonds is 4. The van der Waals surface area contributed by atoms with E-state index >= 15 is 0 Å². The van der Waals surface area contributed by atoms with Gasteiger partial charge in [0.2, 0.25) is 0 Å². The molecule has 0 fully saturated rings. The van der Waals surface area contributed by atoms with Crippen LogP contribution in [0.3, 0.4) is 0 Å². The summed E-state index contributed by atoms with van der Waals surface area (Å²) in [4.78, 5) is 0. The quantitative estimate of drug-likeness (QED) is 0.646. The fraction of sp³-hybridized carbons (Fsp3) is 0.105. The summed E-state index contributed by atoms with van der Waals surface area (Å²) in [5, 5.41) is 11.4. The number of methoxy groups -OCH3 is 1. The van der Waals surface area contributed by atoms with Crippen LogP contribution in [0.15, 0.2) is 59.1 Å². The van der Waals surface area contributed by atoms with Gasteiger partial charge < -0.3 is 9.47 Å². The Balaban J connectivity index is 1.93. The largest absolute Gasteiger partial charge is 0.493 e. The summed E-state index contributed by atoms with van der Waals surface area (Å²) in [6.45, 7) is 0.419. The zero-order valence-electron chi connectivity index (χ0n) is 12.5. The van der Waals surface area contributed by atoms with E-state index in [0.717, 1.165) is 5.56 Å². The second-order valence-corrected chi connectivity index (χ2v) is 5.88.